The summed E-state index contributed by atoms with van der Waals surface area (Å²) in [6.07, 6.45) is 3.15. The van der Waals surface area contributed by atoms with E-state index in [1.165, 1.54) is 0 Å². The van der Waals surface area contributed by atoms with Gasteiger partial charge < -0.3 is 14.9 Å². The SMILES string of the molecule is COc1cc2oc(-c3ccccc3)c(-c3ccc(C4(N)CCC4)cc3)c(=O)c2cc1Br. The molecule has 5 rings (SSSR count). The van der Waals surface area contributed by atoms with Crippen LogP contribution in [-0.4, -0.2) is 7.11 Å². The van der Waals surface area contributed by atoms with Gasteiger partial charge in [-0.25, -0.2) is 0 Å². The highest BCUT2D eigenvalue weighted by Gasteiger charge is 2.34. The smallest absolute Gasteiger partial charge is 0.201 e. The Morgan fingerprint density at radius 3 is 2.32 bits per heavy atom. The Morgan fingerprint density at radius 2 is 1.71 bits per heavy atom. The van der Waals surface area contributed by atoms with Crippen LogP contribution in [0.2, 0.25) is 0 Å². The van der Waals surface area contributed by atoms with Crippen LogP contribution in [0.5, 0.6) is 5.75 Å². The molecule has 3 aromatic carbocycles. The average molecular weight is 476 g/mol. The molecule has 0 amide bonds. The van der Waals surface area contributed by atoms with Gasteiger partial charge in [0.25, 0.3) is 0 Å². The van der Waals surface area contributed by atoms with Gasteiger partial charge in [0.05, 0.1) is 22.5 Å². The van der Waals surface area contributed by atoms with Crippen LogP contribution in [0.4, 0.5) is 0 Å². The fraction of sp³-hybridized carbons (Fsp3) is 0.192. The van der Waals surface area contributed by atoms with Crippen LogP contribution in [0.15, 0.2) is 80.4 Å². The van der Waals surface area contributed by atoms with E-state index >= 15 is 0 Å². The van der Waals surface area contributed by atoms with Crippen molar-refractivity contribution in [1.29, 1.82) is 0 Å². The summed E-state index contributed by atoms with van der Waals surface area (Å²) >= 11 is 3.48. The van der Waals surface area contributed by atoms with Gasteiger partial charge in [-0.1, -0.05) is 54.6 Å². The second-order valence-electron chi connectivity index (χ2n) is 8.07. The maximum absolute atomic E-state index is 13.7. The lowest BCUT2D eigenvalue weighted by Crippen LogP contribution is -2.43. The third-order valence-electron chi connectivity index (χ3n) is 6.20. The summed E-state index contributed by atoms with van der Waals surface area (Å²) in [4.78, 5) is 13.7. The maximum atomic E-state index is 13.7. The van der Waals surface area contributed by atoms with E-state index in [1.807, 2.05) is 54.6 Å². The van der Waals surface area contributed by atoms with E-state index in [1.54, 1.807) is 19.2 Å². The molecule has 4 nitrogen and oxygen atoms in total. The van der Waals surface area contributed by atoms with Gasteiger partial charge >= 0.3 is 0 Å². The number of hydrogen-bond donors (Lipinski definition) is 1. The molecule has 1 heterocycles. The lowest BCUT2D eigenvalue weighted by molar-refractivity contribution is 0.253. The van der Waals surface area contributed by atoms with Crippen molar-refractivity contribution >= 4 is 26.9 Å². The number of rotatable bonds is 4. The van der Waals surface area contributed by atoms with Crippen LogP contribution in [0.1, 0.15) is 24.8 Å². The van der Waals surface area contributed by atoms with E-state index in [0.29, 0.717) is 32.5 Å². The van der Waals surface area contributed by atoms with Crippen molar-refractivity contribution in [2.24, 2.45) is 5.73 Å². The molecule has 1 aliphatic rings. The molecule has 1 aromatic heterocycles. The van der Waals surface area contributed by atoms with E-state index in [9.17, 15) is 4.79 Å². The van der Waals surface area contributed by atoms with E-state index in [-0.39, 0.29) is 11.0 Å². The van der Waals surface area contributed by atoms with Crippen LogP contribution in [0.3, 0.4) is 0 Å². The van der Waals surface area contributed by atoms with Crippen LogP contribution in [0, 0.1) is 0 Å². The van der Waals surface area contributed by atoms with Crippen molar-refractivity contribution in [2.75, 3.05) is 7.11 Å². The van der Waals surface area contributed by atoms with Crippen molar-refractivity contribution in [3.05, 3.63) is 87.0 Å². The van der Waals surface area contributed by atoms with Crippen molar-refractivity contribution < 1.29 is 9.15 Å². The molecule has 5 heteroatoms. The third-order valence-corrected chi connectivity index (χ3v) is 6.81. The molecule has 0 bridgehead atoms. The highest BCUT2D eigenvalue weighted by molar-refractivity contribution is 9.10. The minimum atomic E-state index is -0.240. The lowest BCUT2D eigenvalue weighted by atomic mass is 9.72. The molecule has 1 aliphatic carbocycles. The zero-order valence-corrected chi connectivity index (χ0v) is 18.7. The number of ether oxygens (including phenoxy) is 1. The zero-order valence-electron chi connectivity index (χ0n) is 17.2. The Balaban J connectivity index is 1.76. The summed E-state index contributed by atoms with van der Waals surface area (Å²) in [5.41, 5.74) is 9.96. The Kier molecular flexibility index (Phi) is 4.95. The molecule has 1 fully saturated rings. The topological polar surface area (TPSA) is 65.5 Å². The van der Waals surface area contributed by atoms with Crippen LogP contribution < -0.4 is 15.9 Å². The van der Waals surface area contributed by atoms with Crippen LogP contribution >= 0.6 is 15.9 Å². The van der Waals surface area contributed by atoms with Gasteiger partial charge in [-0.15, -0.1) is 0 Å². The van der Waals surface area contributed by atoms with E-state index in [4.69, 9.17) is 14.9 Å². The van der Waals surface area contributed by atoms with E-state index in [0.717, 1.165) is 36.0 Å². The van der Waals surface area contributed by atoms with Gasteiger partial charge in [-0.2, -0.15) is 0 Å². The van der Waals surface area contributed by atoms with Gasteiger partial charge in [-0.05, 0) is 52.4 Å². The van der Waals surface area contributed by atoms with Gasteiger partial charge in [0.2, 0.25) is 5.43 Å². The summed E-state index contributed by atoms with van der Waals surface area (Å²) in [6, 6.07) is 21.2. The number of hydrogen-bond acceptors (Lipinski definition) is 4. The van der Waals surface area contributed by atoms with E-state index in [2.05, 4.69) is 15.9 Å². The molecular formula is C26H22BrNO3. The summed E-state index contributed by atoms with van der Waals surface area (Å²) in [5.74, 6) is 1.15. The molecule has 4 aromatic rings. The predicted molar refractivity (Wildman–Crippen MR) is 127 cm³/mol. The first kappa shape index (κ1) is 20.0. The van der Waals surface area contributed by atoms with Crippen molar-refractivity contribution in [3.63, 3.8) is 0 Å². The molecule has 0 saturated heterocycles. The molecule has 2 N–H and O–H groups in total. The molecule has 31 heavy (non-hydrogen) atoms. The van der Waals surface area contributed by atoms with Crippen molar-refractivity contribution in [1.82, 2.24) is 0 Å². The second kappa shape index (κ2) is 7.66. The number of nitrogens with two attached hydrogens (primary N) is 1. The molecular weight excluding hydrogens is 454 g/mol. The number of benzene rings is 3. The van der Waals surface area contributed by atoms with Crippen molar-refractivity contribution in [3.8, 4) is 28.2 Å². The fourth-order valence-corrected chi connectivity index (χ4v) is 4.73. The van der Waals surface area contributed by atoms with E-state index < -0.39 is 0 Å². The zero-order chi connectivity index (χ0) is 21.6. The second-order valence-corrected chi connectivity index (χ2v) is 8.93. The highest BCUT2D eigenvalue weighted by atomic mass is 79.9. The van der Waals surface area contributed by atoms with Gasteiger partial charge in [0.15, 0.2) is 0 Å². The average Bonchev–Trinajstić information content (AvgIpc) is 2.78. The molecule has 0 radical (unpaired) electrons. The van der Waals surface area contributed by atoms with Crippen LogP contribution in [0.25, 0.3) is 33.4 Å². The van der Waals surface area contributed by atoms with Gasteiger partial charge in [-0.3, -0.25) is 4.79 Å². The van der Waals surface area contributed by atoms with Crippen molar-refractivity contribution in [2.45, 2.75) is 24.8 Å². The Bertz CT molecular complexity index is 1320. The quantitative estimate of drug-likeness (QED) is 0.379. The fourth-order valence-electron chi connectivity index (χ4n) is 4.22. The lowest BCUT2D eigenvalue weighted by Gasteiger charge is -2.38. The first-order chi connectivity index (χ1) is 15.0. The standard InChI is InChI=1S/C26H22BrNO3/c1-30-22-15-21-19(14-20(22)27)24(29)23(25(31-21)17-6-3-2-4-7-17)16-8-10-18(11-9-16)26(28)12-5-13-26/h2-4,6-11,14-15H,5,12-13,28H2,1H3. The molecule has 0 atom stereocenters. The summed E-state index contributed by atoms with van der Waals surface area (Å²) < 4.78 is 12.4. The number of methoxy groups -OCH3 is 1. The minimum absolute atomic E-state index is 0.0812. The minimum Gasteiger partial charge on any atom is -0.495 e. The summed E-state index contributed by atoms with van der Waals surface area (Å²) in [6.45, 7) is 0. The Hall–Kier alpha value is -2.89. The number of halogens is 1. The first-order valence-electron chi connectivity index (χ1n) is 10.3. The molecule has 0 spiro atoms. The highest BCUT2D eigenvalue weighted by Crippen LogP contribution is 2.40. The maximum Gasteiger partial charge on any atom is 0.201 e. The summed E-state index contributed by atoms with van der Waals surface area (Å²) in [5, 5.41) is 0.501. The van der Waals surface area contributed by atoms with Gasteiger partial charge in [0, 0.05) is 17.2 Å². The molecule has 0 unspecified atom stereocenters. The monoisotopic (exact) mass is 475 g/mol. The number of fused-ring (bicyclic) bond motifs is 1. The normalized spacial score (nSPS) is 14.9. The Morgan fingerprint density at radius 1 is 1.00 bits per heavy atom. The molecule has 0 aliphatic heterocycles. The Labute approximate surface area is 188 Å². The van der Waals surface area contributed by atoms with Crippen LogP contribution in [-0.2, 0) is 5.54 Å². The van der Waals surface area contributed by atoms with Gasteiger partial charge in [0.1, 0.15) is 17.1 Å². The predicted octanol–water partition coefficient (Wildman–Crippen LogP) is 6.24. The summed E-state index contributed by atoms with van der Waals surface area (Å²) in [7, 11) is 1.59. The molecule has 156 valence electrons. The third kappa shape index (κ3) is 3.38. The molecule has 1 saturated carbocycles. The largest absolute Gasteiger partial charge is 0.495 e. The first-order valence-corrected chi connectivity index (χ1v) is 11.1.